The number of nitrogens with zero attached hydrogens (tertiary/aromatic N) is 2. The number of urea groups is 1. The van der Waals surface area contributed by atoms with E-state index in [9.17, 15) is 9.59 Å². The number of hydrogen-bond acceptors (Lipinski definition) is 2. The molecule has 0 heterocycles. The molecule has 2 amide bonds. The van der Waals surface area contributed by atoms with E-state index in [4.69, 9.17) is 5.11 Å². The van der Waals surface area contributed by atoms with Gasteiger partial charge >= 0.3 is 12.0 Å². The summed E-state index contributed by atoms with van der Waals surface area (Å²) in [5.41, 5.74) is 0. The second kappa shape index (κ2) is 6.07. The molecular weight excluding hydrogens is 232 g/mol. The van der Waals surface area contributed by atoms with Gasteiger partial charge in [0.1, 0.15) is 6.04 Å². The first-order chi connectivity index (χ1) is 8.34. The van der Waals surface area contributed by atoms with Crippen molar-refractivity contribution in [2.75, 3.05) is 14.1 Å². The highest BCUT2D eigenvalue weighted by atomic mass is 16.4. The Balaban J connectivity index is 2.58. The summed E-state index contributed by atoms with van der Waals surface area (Å²) < 4.78 is 0. The zero-order chi connectivity index (χ0) is 13.9. The van der Waals surface area contributed by atoms with Gasteiger partial charge in [0.15, 0.2) is 0 Å². The van der Waals surface area contributed by atoms with Crippen LogP contribution in [0.5, 0.6) is 0 Å². The Bertz CT molecular complexity index is 311. The first-order valence-corrected chi connectivity index (χ1v) is 6.57. The lowest BCUT2D eigenvalue weighted by molar-refractivity contribution is -0.141. The number of carboxylic acid groups (broad SMARTS) is 1. The molecule has 5 heteroatoms. The van der Waals surface area contributed by atoms with Crippen LogP contribution in [0.3, 0.4) is 0 Å². The Morgan fingerprint density at radius 3 is 2.11 bits per heavy atom. The van der Waals surface area contributed by atoms with Crippen LogP contribution < -0.4 is 0 Å². The van der Waals surface area contributed by atoms with E-state index >= 15 is 0 Å². The van der Waals surface area contributed by atoms with Crippen molar-refractivity contribution in [1.29, 1.82) is 0 Å². The monoisotopic (exact) mass is 256 g/mol. The second-order valence-electron chi connectivity index (χ2n) is 5.43. The molecule has 0 radical (unpaired) electrons. The van der Waals surface area contributed by atoms with Gasteiger partial charge in [-0.1, -0.05) is 6.92 Å². The van der Waals surface area contributed by atoms with Crippen LogP contribution >= 0.6 is 0 Å². The van der Waals surface area contributed by atoms with E-state index in [0.717, 1.165) is 31.6 Å². The topological polar surface area (TPSA) is 60.9 Å². The van der Waals surface area contributed by atoms with Gasteiger partial charge in [-0.15, -0.1) is 0 Å². The number of rotatable bonds is 3. The van der Waals surface area contributed by atoms with E-state index < -0.39 is 12.0 Å². The van der Waals surface area contributed by atoms with Gasteiger partial charge in [-0.05, 0) is 38.5 Å². The lowest BCUT2D eigenvalue weighted by Crippen LogP contribution is -2.50. The van der Waals surface area contributed by atoms with Crippen molar-refractivity contribution in [3.05, 3.63) is 0 Å². The quantitative estimate of drug-likeness (QED) is 0.840. The average molecular weight is 256 g/mol. The highest BCUT2D eigenvalue weighted by molar-refractivity contribution is 5.82. The number of aliphatic carboxylic acids is 1. The molecule has 1 N–H and O–H groups in total. The molecule has 1 rings (SSSR count). The fourth-order valence-electron chi connectivity index (χ4n) is 2.37. The molecular formula is C13H24N2O3. The minimum atomic E-state index is -0.975. The maximum absolute atomic E-state index is 12.2. The Labute approximate surface area is 109 Å². The molecule has 1 aliphatic rings. The normalized spacial score (nSPS) is 25.3. The molecule has 1 fully saturated rings. The van der Waals surface area contributed by atoms with Gasteiger partial charge in [0, 0.05) is 20.1 Å². The molecule has 0 spiro atoms. The highest BCUT2D eigenvalue weighted by Gasteiger charge is 2.29. The molecule has 0 aromatic heterocycles. The molecule has 0 aromatic rings. The first kappa shape index (κ1) is 14.8. The Morgan fingerprint density at radius 2 is 1.67 bits per heavy atom. The summed E-state index contributed by atoms with van der Waals surface area (Å²) in [4.78, 5) is 26.0. The lowest BCUT2D eigenvalue weighted by Gasteiger charge is -2.36. The van der Waals surface area contributed by atoms with Crippen LogP contribution in [0.4, 0.5) is 4.79 Å². The molecule has 1 atom stereocenters. The van der Waals surface area contributed by atoms with Crippen LogP contribution in [0.1, 0.15) is 39.5 Å². The van der Waals surface area contributed by atoms with Crippen molar-refractivity contribution in [3.63, 3.8) is 0 Å². The number of carbonyl (C=O) groups is 2. The molecule has 5 nitrogen and oxygen atoms in total. The van der Waals surface area contributed by atoms with Crippen LogP contribution in [0.15, 0.2) is 0 Å². The summed E-state index contributed by atoms with van der Waals surface area (Å²) in [7, 11) is 3.32. The molecule has 1 unspecified atom stereocenters. The van der Waals surface area contributed by atoms with Crippen LogP contribution in [-0.2, 0) is 4.79 Å². The van der Waals surface area contributed by atoms with Crippen molar-refractivity contribution >= 4 is 12.0 Å². The molecule has 1 aliphatic carbocycles. The summed E-state index contributed by atoms with van der Waals surface area (Å²) in [5.74, 6) is -0.239. The van der Waals surface area contributed by atoms with E-state index in [0.29, 0.717) is 0 Å². The summed E-state index contributed by atoms with van der Waals surface area (Å²) in [6, 6.07) is -0.746. The predicted octanol–water partition coefficient (Wildman–Crippen LogP) is 2.02. The van der Waals surface area contributed by atoms with Crippen LogP contribution in [0.25, 0.3) is 0 Å². The van der Waals surface area contributed by atoms with Crippen LogP contribution in [0.2, 0.25) is 0 Å². The van der Waals surface area contributed by atoms with Crippen LogP contribution in [-0.4, -0.2) is 53.1 Å². The van der Waals surface area contributed by atoms with Crippen molar-refractivity contribution in [2.24, 2.45) is 5.92 Å². The van der Waals surface area contributed by atoms with Crippen LogP contribution in [0, 0.1) is 5.92 Å². The number of amides is 2. The van der Waals surface area contributed by atoms with Gasteiger partial charge in [0.2, 0.25) is 0 Å². The van der Waals surface area contributed by atoms with Crippen molar-refractivity contribution < 1.29 is 14.7 Å². The molecule has 104 valence electrons. The van der Waals surface area contributed by atoms with Gasteiger partial charge in [-0.2, -0.15) is 0 Å². The molecule has 0 saturated heterocycles. The third-order valence-electron chi connectivity index (χ3n) is 4.07. The largest absolute Gasteiger partial charge is 0.480 e. The van der Waals surface area contributed by atoms with E-state index in [2.05, 4.69) is 6.92 Å². The van der Waals surface area contributed by atoms with Gasteiger partial charge in [-0.3, -0.25) is 0 Å². The first-order valence-electron chi connectivity index (χ1n) is 6.57. The van der Waals surface area contributed by atoms with Gasteiger partial charge in [0.25, 0.3) is 0 Å². The predicted molar refractivity (Wildman–Crippen MR) is 69.4 cm³/mol. The average Bonchev–Trinajstić information content (AvgIpc) is 2.36. The van der Waals surface area contributed by atoms with E-state index in [1.165, 1.54) is 11.8 Å². The maximum Gasteiger partial charge on any atom is 0.326 e. The van der Waals surface area contributed by atoms with Crippen molar-refractivity contribution in [2.45, 2.75) is 51.6 Å². The molecule has 18 heavy (non-hydrogen) atoms. The third-order valence-corrected chi connectivity index (χ3v) is 4.07. The summed E-state index contributed by atoms with van der Waals surface area (Å²) in [6.07, 6.45) is 4.30. The third kappa shape index (κ3) is 3.37. The van der Waals surface area contributed by atoms with Crippen molar-refractivity contribution in [1.82, 2.24) is 9.80 Å². The zero-order valence-corrected chi connectivity index (χ0v) is 11.7. The fourth-order valence-corrected chi connectivity index (χ4v) is 2.37. The Kier molecular flexibility index (Phi) is 4.99. The number of likely N-dealkylation sites (N-methyl/N-ethyl adjacent to an activating group) is 1. The number of carboxylic acids is 1. The zero-order valence-electron chi connectivity index (χ0n) is 11.7. The molecule has 1 saturated carbocycles. The van der Waals surface area contributed by atoms with Crippen molar-refractivity contribution in [3.8, 4) is 0 Å². The minimum Gasteiger partial charge on any atom is -0.480 e. The Hall–Kier alpha value is -1.26. The highest BCUT2D eigenvalue weighted by Crippen LogP contribution is 2.26. The summed E-state index contributed by atoms with van der Waals surface area (Å²) in [6.45, 7) is 3.76. The number of hydrogen-bond donors (Lipinski definition) is 1. The van der Waals surface area contributed by atoms with E-state index in [-0.39, 0.29) is 12.1 Å². The Morgan fingerprint density at radius 1 is 1.17 bits per heavy atom. The van der Waals surface area contributed by atoms with E-state index in [1.807, 2.05) is 0 Å². The standard InChI is InChI=1S/C13H24N2O3/c1-9-5-7-11(8-6-9)15(4)13(18)14(3)10(2)12(16)17/h9-11H,5-8H2,1-4H3,(H,16,17). The molecule has 0 bridgehead atoms. The molecule has 0 aliphatic heterocycles. The van der Waals surface area contributed by atoms with E-state index in [1.54, 1.807) is 19.0 Å². The summed E-state index contributed by atoms with van der Waals surface area (Å²) in [5, 5.41) is 8.92. The SMILES string of the molecule is CC1CCC(N(C)C(=O)N(C)C(C)C(=O)O)CC1. The second-order valence-corrected chi connectivity index (χ2v) is 5.43. The fraction of sp³-hybridized carbons (Fsp3) is 0.846. The lowest BCUT2D eigenvalue weighted by atomic mass is 9.87. The maximum atomic E-state index is 12.2. The summed E-state index contributed by atoms with van der Waals surface area (Å²) >= 11 is 0. The van der Waals surface area contributed by atoms with Gasteiger partial charge < -0.3 is 14.9 Å². The minimum absolute atomic E-state index is 0.204. The smallest absolute Gasteiger partial charge is 0.326 e. The number of carbonyl (C=O) groups excluding carboxylic acids is 1. The van der Waals surface area contributed by atoms with Gasteiger partial charge in [-0.25, -0.2) is 9.59 Å². The molecule has 0 aromatic carbocycles. The van der Waals surface area contributed by atoms with Gasteiger partial charge in [0.05, 0.1) is 0 Å².